The van der Waals surface area contributed by atoms with Gasteiger partial charge in [0.1, 0.15) is 0 Å². The molecule has 0 radical (unpaired) electrons. The van der Waals surface area contributed by atoms with Crippen LogP contribution in [-0.4, -0.2) is 56.7 Å². The minimum atomic E-state index is 0.0949. The molecule has 22 heavy (non-hydrogen) atoms. The number of fused-ring (bicyclic) bond motifs is 1. The number of rotatable bonds is 4. The Balaban J connectivity index is 1.53. The molecule has 1 aromatic carbocycles. The maximum Gasteiger partial charge on any atom is 0.234 e. The summed E-state index contributed by atoms with van der Waals surface area (Å²) in [4.78, 5) is 16.6. The van der Waals surface area contributed by atoms with Gasteiger partial charge in [0.05, 0.1) is 12.6 Å². The van der Waals surface area contributed by atoms with Crippen LogP contribution in [0.2, 0.25) is 0 Å². The van der Waals surface area contributed by atoms with Gasteiger partial charge >= 0.3 is 0 Å². The van der Waals surface area contributed by atoms with Crippen molar-refractivity contribution in [2.75, 3.05) is 44.7 Å². The second-order valence-electron chi connectivity index (χ2n) is 6.20. The van der Waals surface area contributed by atoms with Crippen LogP contribution in [0.3, 0.4) is 0 Å². The molecule has 0 spiro atoms. The lowest BCUT2D eigenvalue weighted by Gasteiger charge is -2.20. The van der Waals surface area contributed by atoms with E-state index >= 15 is 0 Å². The van der Waals surface area contributed by atoms with Crippen molar-refractivity contribution >= 4 is 11.6 Å². The molecule has 1 atom stereocenters. The van der Waals surface area contributed by atoms with Gasteiger partial charge in [0, 0.05) is 45.5 Å². The van der Waals surface area contributed by atoms with E-state index in [9.17, 15) is 4.79 Å². The van der Waals surface area contributed by atoms with E-state index in [1.54, 1.807) is 0 Å². The fourth-order valence-electron chi connectivity index (χ4n) is 3.18. The van der Waals surface area contributed by atoms with Crippen LogP contribution in [0, 0.1) is 0 Å². The van der Waals surface area contributed by atoms with Crippen molar-refractivity contribution in [3.05, 3.63) is 29.8 Å². The topological polar surface area (TPSA) is 44.8 Å². The van der Waals surface area contributed by atoms with Crippen molar-refractivity contribution in [1.29, 1.82) is 0 Å². The highest BCUT2D eigenvalue weighted by Crippen LogP contribution is 2.23. The number of ether oxygens (including phenoxy) is 1. The Morgan fingerprint density at radius 3 is 3.05 bits per heavy atom. The molecular formula is C17H25N3O2. The summed E-state index contributed by atoms with van der Waals surface area (Å²) < 4.78 is 5.54. The number of anilines is 1. The van der Waals surface area contributed by atoms with Crippen LogP contribution in [0.15, 0.2) is 24.3 Å². The first-order chi connectivity index (χ1) is 10.7. The Morgan fingerprint density at radius 2 is 2.23 bits per heavy atom. The Bertz CT molecular complexity index is 514. The number of amides is 1. The quantitative estimate of drug-likeness (QED) is 0.909. The van der Waals surface area contributed by atoms with Crippen LogP contribution in [0.5, 0.6) is 0 Å². The van der Waals surface area contributed by atoms with Crippen molar-refractivity contribution in [2.45, 2.75) is 25.5 Å². The third kappa shape index (κ3) is 3.78. The summed E-state index contributed by atoms with van der Waals surface area (Å²) in [5.41, 5.74) is 2.55. The summed E-state index contributed by atoms with van der Waals surface area (Å²) in [6.45, 7) is 4.59. The van der Waals surface area contributed by atoms with E-state index in [-0.39, 0.29) is 12.0 Å². The highest BCUT2D eigenvalue weighted by atomic mass is 16.5. The minimum Gasteiger partial charge on any atom is -0.376 e. The third-order valence-corrected chi connectivity index (χ3v) is 4.47. The Labute approximate surface area is 132 Å². The molecule has 2 aliphatic heterocycles. The highest BCUT2D eigenvalue weighted by Gasteiger charge is 2.20. The van der Waals surface area contributed by atoms with Gasteiger partial charge in [-0.05, 0) is 24.5 Å². The van der Waals surface area contributed by atoms with Crippen LogP contribution < -0.4 is 10.2 Å². The zero-order valence-corrected chi connectivity index (χ0v) is 13.3. The Morgan fingerprint density at radius 1 is 1.36 bits per heavy atom. The van der Waals surface area contributed by atoms with Gasteiger partial charge in [0.25, 0.3) is 0 Å². The summed E-state index contributed by atoms with van der Waals surface area (Å²) in [6.07, 6.45) is 2.37. The molecule has 0 saturated carbocycles. The Hall–Kier alpha value is -1.59. The van der Waals surface area contributed by atoms with Gasteiger partial charge in [-0.1, -0.05) is 18.2 Å². The second-order valence-corrected chi connectivity index (χ2v) is 6.20. The van der Waals surface area contributed by atoms with Gasteiger partial charge < -0.3 is 15.0 Å². The van der Waals surface area contributed by atoms with Gasteiger partial charge in [-0.3, -0.25) is 9.69 Å². The Kier molecular flexibility index (Phi) is 4.95. The first-order valence-corrected chi connectivity index (χ1v) is 8.12. The highest BCUT2D eigenvalue weighted by molar-refractivity contribution is 5.78. The first-order valence-electron chi connectivity index (χ1n) is 8.12. The van der Waals surface area contributed by atoms with Crippen LogP contribution in [0.25, 0.3) is 0 Å². The van der Waals surface area contributed by atoms with E-state index in [0.29, 0.717) is 13.1 Å². The molecular weight excluding hydrogens is 278 g/mol. The van der Waals surface area contributed by atoms with E-state index in [4.69, 9.17) is 4.74 Å². The van der Waals surface area contributed by atoms with Gasteiger partial charge in [-0.2, -0.15) is 0 Å². The maximum atomic E-state index is 12.2. The van der Waals surface area contributed by atoms with Crippen molar-refractivity contribution in [2.24, 2.45) is 0 Å². The SMILES string of the molecule is CN1CCN(CC(=O)NC[C@@H]2CCCO2)Cc2ccccc21. The molecule has 3 rings (SSSR count). The number of hydrogen-bond donors (Lipinski definition) is 1. The number of hydrogen-bond acceptors (Lipinski definition) is 4. The van der Waals surface area contributed by atoms with Crippen LogP contribution in [-0.2, 0) is 16.1 Å². The molecule has 1 amide bonds. The lowest BCUT2D eigenvalue weighted by molar-refractivity contribution is -0.122. The fourth-order valence-corrected chi connectivity index (χ4v) is 3.18. The third-order valence-electron chi connectivity index (χ3n) is 4.47. The molecule has 2 heterocycles. The largest absolute Gasteiger partial charge is 0.376 e. The maximum absolute atomic E-state index is 12.2. The van der Waals surface area contributed by atoms with E-state index in [1.807, 2.05) is 0 Å². The minimum absolute atomic E-state index is 0.0949. The number of likely N-dealkylation sites (N-methyl/N-ethyl adjacent to an activating group) is 1. The van der Waals surface area contributed by atoms with Crippen LogP contribution >= 0.6 is 0 Å². The standard InChI is InChI=1S/C17H25N3O2/c1-19-8-9-20(12-14-5-2-3-7-16(14)19)13-17(21)18-11-15-6-4-10-22-15/h2-3,5,7,15H,4,6,8-13H2,1H3,(H,18,21)/t15-/m0/s1. The van der Waals surface area contributed by atoms with E-state index in [2.05, 4.69) is 46.4 Å². The van der Waals surface area contributed by atoms with Gasteiger partial charge in [-0.25, -0.2) is 0 Å². The van der Waals surface area contributed by atoms with Crippen LogP contribution in [0.1, 0.15) is 18.4 Å². The van der Waals surface area contributed by atoms with E-state index < -0.39 is 0 Å². The molecule has 0 aromatic heterocycles. The predicted molar refractivity (Wildman–Crippen MR) is 87.0 cm³/mol. The molecule has 5 nitrogen and oxygen atoms in total. The second kappa shape index (κ2) is 7.11. The van der Waals surface area contributed by atoms with Crippen molar-refractivity contribution in [3.8, 4) is 0 Å². The molecule has 0 unspecified atom stereocenters. The molecule has 1 fully saturated rings. The number of benzene rings is 1. The van der Waals surface area contributed by atoms with E-state index in [0.717, 1.165) is 39.1 Å². The van der Waals surface area contributed by atoms with Gasteiger partial charge in [0.15, 0.2) is 0 Å². The van der Waals surface area contributed by atoms with Gasteiger partial charge in [-0.15, -0.1) is 0 Å². The zero-order chi connectivity index (χ0) is 15.4. The van der Waals surface area contributed by atoms with Crippen molar-refractivity contribution in [3.63, 3.8) is 0 Å². The molecule has 2 aliphatic rings. The average Bonchev–Trinajstić information content (AvgIpc) is 2.99. The molecule has 1 saturated heterocycles. The predicted octanol–water partition coefficient (Wildman–Crippen LogP) is 1.23. The van der Waals surface area contributed by atoms with Crippen molar-refractivity contribution < 1.29 is 9.53 Å². The van der Waals surface area contributed by atoms with E-state index in [1.165, 1.54) is 11.3 Å². The summed E-state index contributed by atoms with van der Waals surface area (Å²) in [7, 11) is 2.11. The smallest absolute Gasteiger partial charge is 0.234 e. The fraction of sp³-hybridized carbons (Fsp3) is 0.588. The summed E-state index contributed by atoms with van der Waals surface area (Å²) in [5, 5.41) is 3.01. The summed E-state index contributed by atoms with van der Waals surface area (Å²) in [6, 6.07) is 8.43. The average molecular weight is 303 g/mol. The van der Waals surface area contributed by atoms with Gasteiger partial charge in [0.2, 0.25) is 5.91 Å². The van der Waals surface area contributed by atoms with Crippen molar-refractivity contribution in [1.82, 2.24) is 10.2 Å². The first kappa shape index (κ1) is 15.3. The normalized spacial score (nSPS) is 22.2. The molecule has 0 bridgehead atoms. The number of nitrogens with one attached hydrogen (secondary N) is 1. The summed E-state index contributed by atoms with van der Waals surface area (Å²) in [5.74, 6) is 0.0949. The molecule has 120 valence electrons. The molecule has 1 N–H and O–H groups in total. The number of para-hydroxylation sites is 1. The molecule has 5 heteroatoms. The zero-order valence-electron chi connectivity index (χ0n) is 13.3. The molecule has 0 aliphatic carbocycles. The lowest BCUT2D eigenvalue weighted by Crippen LogP contribution is -2.41. The molecule has 1 aromatic rings. The lowest BCUT2D eigenvalue weighted by atomic mass is 10.1. The summed E-state index contributed by atoms with van der Waals surface area (Å²) >= 11 is 0. The number of carbonyl (C=O) groups excluding carboxylic acids is 1. The van der Waals surface area contributed by atoms with Crippen LogP contribution in [0.4, 0.5) is 5.69 Å². The monoisotopic (exact) mass is 303 g/mol. The number of nitrogens with zero attached hydrogens (tertiary/aromatic N) is 2. The number of carbonyl (C=O) groups is 1.